The number of rotatable bonds is 9. The topological polar surface area (TPSA) is 71.6 Å². The number of fused-ring (bicyclic) bond motifs is 1. The number of nitrogens with one attached hydrogen (secondary N) is 1. The first-order valence-corrected chi connectivity index (χ1v) is 9.06. The molecule has 0 saturated heterocycles. The molecular formula is C22H26N2O4. The number of nitrogens with zero attached hydrogens (tertiary/aromatic N) is 1. The number of esters is 2. The molecule has 0 spiro atoms. The molecule has 0 bridgehead atoms. The second-order valence-electron chi connectivity index (χ2n) is 6.08. The minimum atomic E-state index is -0.727. The number of aromatic nitrogens is 1. The second-order valence-corrected chi connectivity index (χ2v) is 6.08. The van der Waals surface area contributed by atoms with Gasteiger partial charge in [-0.05, 0) is 43.3 Å². The van der Waals surface area contributed by atoms with Gasteiger partial charge in [0.05, 0.1) is 14.2 Å². The molecule has 0 radical (unpaired) electrons. The van der Waals surface area contributed by atoms with Gasteiger partial charge in [-0.2, -0.15) is 0 Å². The number of carbonyl (C=O) groups is 2. The SMILES string of the molecule is C/C=C/CN(/C=C/C=C(C(=O)OC)C(=O)OC)CCc1c[nH]c2ccccc12. The van der Waals surface area contributed by atoms with Crippen molar-refractivity contribution in [2.24, 2.45) is 0 Å². The standard InChI is InChI=1S/C22H26N2O4/c1-4-5-13-24(14-8-10-19(21(25)27-2)22(26)28-3)15-12-17-16-23-20-11-7-6-9-18(17)20/h4-11,14,16,23H,12-13,15H2,1-3H3/b5-4+,14-8+. The van der Waals surface area contributed by atoms with Gasteiger partial charge in [0.2, 0.25) is 0 Å². The Balaban J connectivity index is 2.11. The molecule has 0 unspecified atom stereocenters. The molecule has 0 aliphatic carbocycles. The van der Waals surface area contributed by atoms with Crippen LogP contribution in [0.4, 0.5) is 0 Å². The zero-order chi connectivity index (χ0) is 20.4. The average molecular weight is 382 g/mol. The van der Waals surface area contributed by atoms with Crippen LogP contribution in [0, 0.1) is 0 Å². The average Bonchev–Trinajstić information content (AvgIpc) is 3.14. The van der Waals surface area contributed by atoms with Crippen molar-refractivity contribution >= 4 is 22.8 Å². The van der Waals surface area contributed by atoms with Crippen molar-refractivity contribution in [3.63, 3.8) is 0 Å². The van der Waals surface area contributed by atoms with E-state index in [1.807, 2.05) is 43.6 Å². The third-order valence-corrected chi connectivity index (χ3v) is 4.29. The molecule has 2 rings (SSSR count). The second kappa shape index (κ2) is 10.8. The Morgan fingerprint density at radius 1 is 1.14 bits per heavy atom. The van der Waals surface area contributed by atoms with E-state index in [4.69, 9.17) is 0 Å². The molecule has 0 aliphatic heterocycles. The van der Waals surface area contributed by atoms with Gasteiger partial charge >= 0.3 is 11.9 Å². The van der Waals surface area contributed by atoms with E-state index in [-0.39, 0.29) is 5.57 Å². The summed E-state index contributed by atoms with van der Waals surface area (Å²) in [6, 6.07) is 8.21. The zero-order valence-corrected chi connectivity index (χ0v) is 16.5. The number of ether oxygens (including phenoxy) is 2. The highest BCUT2D eigenvalue weighted by atomic mass is 16.5. The van der Waals surface area contributed by atoms with Gasteiger partial charge in [-0.15, -0.1) is 0 Å². The summed E-state index contributed by atoms with van der Waals surface area (Å²) in [6.45, 7) is 3.46. The largest absolute Gasteiger partial charge is 0.465 e. The van der Waals surface area contributed by atoms with Crippen LogP contribution in [0.1, 0.15) is 12.5 Å². The lowest BCUT2D eigenvalue weighted by atomic mass is 10.1. The summed E-state index contributed by atoms with van der Waals surface area (Å²) in [6.07, 6.45) is 11.8. The number of methoxy groups -OCH3 is 2. The van der Waals surface area contributed by atoms with E-state index in [1.54, 1.807) is 6.08 Å². The molecule has 6 nitrogen and oxygen atoms in total. The monoisotopic (exact) mass is 382 g/mol. The number of carbonyl (C=O) groups excluding carboxylic acids is 2. The van der Waals surface area contributed by atoms with E-state index in [1.165, 1.54) is 31.2 Å². The maximum absolute atomic E-state index is 11.7. The van der Waals surface area contributed by atoms with Crippen LogP contribution < -0.4 is 0 Å². The highest BCUT2D eigenvalue weighted by Crippen LogP contribution is 2.18. The molecule has 1 aromatic carbocycles. The fraction of sp³-hybridized carbons (Fsp3) is 0.273. The molecule has 1 aromatic heterocycles. The minimum absolute atomic E-state index is 0.149. The predicted molar refractivity (Wildman–Crippen MR) is 110 cm³/mol. The van der Waals surface area contributed by atoms with Crippen molar-refractivity contribution in [3.05, 3.63) is 72.1 Å². The summed E-state index contributed by atoms with van der Waals surface area (Å²) in [5, 5.41) is 1.22. The molecule has 0 saturated carbocycles. The quantitative estimate of drug-likeness (QED) is 0.180. The fourth-order valence-electron chi connectivity index (χ4n) is 2.77. The van der Waals surface area contributed by atoms with E-state index >= 15 is 0 Å². The Morgan fingerprint density at radius 3 is 2.54 bits per heavy atom. The van der Waals surface area contributed by atoms with Crippen LogP contribution in [-0.4, -0.2) is 49.1 Å². The molecular weight excluding hydrogens is 356 g/mol. The van der Waals surface area contributed by atoms with Crippen LogP contribution in [-0.2, 0) is 25.5 Å². The predicted octanol–water partition coefficient (Wildman–Crippen LogP) is 3.37. The maximum atomic E-state index is 11.7. The molecule has 6 heteroatoms. The molecule has 0 atom stereocenters. The first-order chi connectivity index (χ1) is 13.6. The smallest absolute Gasteiger partial charge is 0.345 e. The summed E-state index contributed by atoms with van der Waals surface area (Å²) in [7, 11) is 2.45. The third kappa shape index (κ3) is 5.61. The number of H-pyrrole nitrogens is 1. The molecule has 0 aliphatic rings. The Morgan fingerprint density at radius 2 is 1.86 bits per heavy atom. The van der Waals surface area contributed by atoms with Gasteiger partial charge < -0.3 is 19.4 Å². The number of benzene rings is 1. The van der Waals surface area contributed by atoms with Gasteiger partial charge in [0.25, 0.3) is 0 Å². The molecule has 0 amide bonds. The lowest BCUT2D eigenvalue weighted by Crippen LogP contribution is -2.20. The van der Waals surface area contributed by atoms with Gasteiger partial charge in [0.1, 0.15) is 5.57 Å². The van der Waals surface area contributed by atoms with Crippen molar-refractivity contribution in [2.45, 2.75) is 13.3 Å². The summed E-state index contributed by atoms with van der Waals surface area (Å²) < 4.78 is 9.25. The van der Waals surface area contributed by atoms with Crippen LogP contribution in [0.5, 0.6) is 0 Å². The summed E-state index contributed by atoms with van der Waals surface area (Å²) >= 11 is 0. The van der Waals surface area contributed by atoms with E-state index < -0.39 is 11.9 Å². The molecule has 0 fully saturated rings. The Kier molecular flexibility index (Phi) is 8.09. The Labute approximate surface area is 165 Å². The van der Waals surface area contributed by atoms with Gasteiger partial charge in [-0.25, -0.2) is 9.59 Å². The van der Waals surface area contributed by atoms with Crippen molar-refractivity contribution in [2.75, 3.05) is 27.3 Å². The Hall–Kier alpha value is -3.28. The fourth-order valence-corrected chi connectivity index (χ4v) is 2.77. The minimum Gasteiger partial charge on any atom is -0.465 e. The maximum Gasteiger partial charge on any atom is 0.345 e. The normalized spacial score (nSPS) is 11.1. The van der Waals surface area contributed by atoms with Gasteiger partial charge in [0.15, 0.2) is 0 Å². The van der Waals surface area contributed by atoms with Crippen molar-refractivity contribution in [1.29, 1.82) is 0 Å². The summed E-state index contributed by atoms with van der Waals surface area (Å²) in [4.78, 5) is 28.8. The molecule has 1 N–H and O–H groups in total. The van der Waals surface area contributed by atoms with Crippen molar-refractivity contribution in [1.82, 2.24) is 9.88 Å². The van der Waals surface area contributed by atoms with Gasteiger partial charge in [0, 0.05) is 30.2 Å². The first kappa shape index (κ1) is 21.0. The number of para-hydroxylation sites is 1. The Bertz CT molecular complexity index is 875. The molecule has 2 aromatic rings. The number of hydrogen-bond acceptors (Lipinski definition) is 5. The van der Waals surface area contributed by atoms with E-state index in [9.17, 15) is 9.59 Å². The third-order valence-electron chi connectivity index (χ3n) is 4.29. The number of allylic oxidation sites excluding steroid dienone is 3. The van der Waals surface area contributed by atoms with Gasteiger partial charge in [-0.3, -0.25) is 0 Å². The lowest BCUT2D eigenvalue weighted by Gasteiger charge is -2.18. The highest BCUT2D eigenvalue weighted by molar-refractivity contribution is 6.14. The first-order valence-electron chi connectivity index (χ1n) is 9.06. The van der Waals surface area contributed by atoms with Gasteiger partial charge in [-0.1, -0.05) is 30.4 Å². The summed E-state index contributed by atoms with van der Waals surface area (Å²) in [5.41, 5.74) is 2.22. The number of hydrogen-bond donors (Lipinski definition) is 1. The van der Waals surface area contributed by atoms with E-state index in [0.717, 1.165) is 25.0 Å². The molecule has 1 heterocycles. The highest BCUT2D eigenvalue weighted by Gasteiger charge is 2.18. The number of aromatic amines is 1. The van der Waals surface area contributed by atoms with Crippen LogP contribution in [0.25, 0.3) is 10.9 Å². The van der Waals surface area contributed by atoms with E-state index in [2.05, 4.69) is 31.5 Å². The van der Waals surface area contributed by atoms with Crippen molar-refractivity contribution < 1.29 is 19.1 Å². The van der Waals surface area contributed by atoms with E-state index in [0.29, 0.717) is 0 Å². The van der Waals surface area contributed by atoms with Crippen LogP contribution in [0.2, 0.25) is 0 Å². The van der Waals surface area contributed by atoms with Crippen LogP contribution in [0.15, 0.2) is 66.5 Å². The molecule has 28 heavy (non-hydrogen) atoms. The van der Waals surface area contributed by atoms with Crippen molar-refractivity contribution in [3.8, 4) is 0 Å². The summed E-state index contributed by atoms with van der Waals surface area (Å²) in [5.74, 6) is -1.45. The van der Waals surface area contributed by atoms with Crippen LogP contribution in [0.3, 0.4) is 0 Å². The lowest BCUT2D eigenvalue weighted by molar-refractivity contribution is -0.144. The zero-order valence-electron chi connectivity index (χ0n) is 16.5. The van der Waals surface area contributed by atoms with Crippen LogP contribution >= 0.6 is 0 Å². The molecule has 148 valence electrons.